The summed E-state index contributed by atoms with van der Waals surface area (Å²) in [6.07, 6.45) is 6.32. The van der Waals surface area contributed by atoms with Gasteiger partial charge in [0.05, 0.1) is 6.61 Å². The highest BCUT2D eigenvalue weighted by Gasteiger charge is 2.40. The van der Waals surface area contributed by atoms with Crippen molar-refractivity contribution in [1.29, 1.82) is 0 Å². The lowest BCUT2D eigenvalue weighted by atomic mass is 9.76. The number of hydrogen-bond donors (Lipinski definition) is 1. The molecule has 1 saturated carbocycles. The highest BCUT2D eigenvalue weighted by molar-refractivity contribution is 5.76. The number of carbonyl (C=O) groups is 1. The van der Waals surface area contributed by atoms with Gasteiger partial charge in [0.2, 0.25) is 5.91 Å². The Bertz CT molecular complexity index is 558. The molecule has 3 nitrogen and oxygen atoms in total. The summed E-state index contributed by atoms with van der Waals surface area (Å²) in [5.74, 6) is 0.592. The Morgan fingerprint density at radius 3 is 2.83 bits per heavy atom. The van der Waals surface area contributed by atoms with E-state index in [1.807, 2.05) is 4.90 Å². The number of rotatable bonds is 6. The van der Waals surface area contributed by atoms with Gasteiger partial charge in [0.15, 0.2) is 0 Å². The molecule has 0 aromatic heterocycles. The summed E-state index contributed by atoms with van der Waals surface area (Å²) in [5, 5.41) is 9.87. The van der Waals surface area contributed by atoms with E-state index in [2.05, 4.69) is 0 Å². The minimum atomic E-state index is -0.239. The van der Waals surface area contributed by atoms with Gasteiger partial charge in [-0.05, 0) is 43.2 Å². The minimum Gasteiger partial charge on any atom is -0.396 e. The SMILES string of the molecule is O=C(CCc1ccccc1F)N1CCC[C@](CO)(CC2CC2)C1. The van der Waals surface area contributed by atoms with Gasteiger partial charge >= 0.3 is 0 Å². The van der Waals surface area contributed by atoms with Crippen LogP contribution >= 0.6 is 0 Å². The average Bonchev–Trinajstić information content (AvgIpc) is 3.38. The molecule has 1 amide bonds. The summed E-state index contributed by atoms with van der Waals surface area (Å²) < 4.78 is 13.7. The third-order valence-electron chi connectivity index (χ3n) is 5.33. The van der Waals surface area contributed by atoms with Gasteiger partial charge in [-0.2, -0.15) is 0 Å². The number of benzene rings is 1. The highest BCUT2D eigenvalue weighted by atomic mass is 19.1. The highest BCUT2D eigenvalue weighted by Crippen LogP contribution is 2.44. The largest absolute Gasteiger partial charge is 0.396 e. The molecular formula is C19H26FNO2. The van der Waals surface area contributed by atoms with Crippen LogP contribution in [-0.4, -0.2) is 35.6 Å². The van der Waals surface area contributed by atoms with Crippen molar-refractivity contribution in [3.8, 4) is 0 Å². The molecule has 0 spiro atoms. The van der Waals surface area contributed by atoms with Gasteiger partial charge < -0.3 is 10.0 Å². The third-order valence-corrected chi connectivity index (χ3v) is 5.33. The summed E-state index contributed by atoms with van der Waals surface area (Å²) in [7, 11) is 0. The van der Waals surface area contributed by atoms with E-state index < -0.39 is 0 Å². The normalized spacial score (nSPS) is 24.7. The first-order valence-electron chi connectivity index (χ1n) is 8.74. The van der Waals surface area contributed by atoms with E-state index in [9.17, 15) is 14.3 Å². The van der Waals surface area contributed by atoms with Crippen LogP contribution in [0.1, 0.15) is 44.1 Å². The number of nitrogens with zero attached hydrogens (tertiary/aromatic N) is 1. The van der Waals surface area contributed by atoms with Crippen molar-refractivity contribution < 1.29 is 14.3 Å². The maximum absolute atomic E-state index is 13.7. The molecule has 1 aromatic carbocycles. The summed E-state index contributed by atoms with van der Waals surface area (Å²) >= 11 is 0. The first-order valence-corrected chi connectivity index (χ1v) is 8.74. The average molecular weight is 319 g/mol. The second kappa shape index (κ2) is 7.00. The molecule has 1 heterocycles. The van der Waals surface area contributed by atoms with E-state index in [-0.39, 0.29) is 23.7 Å². The van der Waals surface area contributed by atoms with Crippen LogP contribution < -0.4 is 0 Å². The number of likely N-dealkylation sites (tertiary alicyclic amines) is 1. The predicted octanol–water partition coefficient (Wildman–Crippen LogP) is 3.16. The van der Waals surface area contributed by atoms with Crippen molar-refractivity contribution in [3.05, 3.63) is 35.6 Å². The van der Waals surface area contributed by atoms with Crippen LogP contribution in [0, 0.1) is 17.2 Å². The third kappa shape index (κ3) is 4.11. The van der Waals surface area contributed by atoms with Crippen LogP contribution in [0.3, 0.4) is 0 Å². The number of piperidine rings is 1. The molecular weight excluding hydrogens is 293 g/mol. The molecule has 2 aliphatic rings. The number of hydrogen-bond acceptors (Lipinski definition) is 2. The lowest BCUT2D eigenvalue weighted by Crippen LogP contribution is -2.48. The van der Waals surface area contributed by atoms with Crippen LogP contribution in [0.15, 0.2) is 24.3 Å². The van der Waals surface area contributed by atoms with Gasteiger partial charge in [-0.1, -0.05) is 31.0 Å². The van der Waals surface area contributed by atoms with Crippen molar-refractivity contribution in [1.82, 2.24) is 4.90 Å². The topological polar surface area (TPSA) is 40.5 Å². The monoisotopic (exact) mass is 319 g/mol. The van der Waals surface area contributed by atoms with Crippen molar-refractivity contribution >= 4 is 5.91 Å². The Labute approximate surface area is 137 Å². The second-order valence-electron chi connectivity index (χ2n) is 7.32. The second-order valence-corrected chi connectivity index (χ2v) is 7.32. The summed E-state index contributed by atoms with van der Waals surface area (Å²) in [4.78, 5) is 14.4. The number of aliphatic hydroxyl groups excluding tert-OH is 1. The molecule has 1 atom stereocenters. The molecule has 0 bridgehead atoms. The maximum atomic E-state index is 13.7. The van der Waals surface area contributed by atoms with E-state index in [0.717, 1.165) is 31.7 Å². The van der Waals surface area contributed by atoms with Crippen LogP contribution in [0.4, 0.5) is 4.39 Å². The summed E-state index contributed by atoms with van der Waals surface area (Å²) in [5.41, 5.74) is 0.497. The summed E-state index contributed by atoms with van der Waals surface area (Å²) in [6, 6.07) is 6.64. The van der Waals surface area contributed by atoms with Gasteiger partial charge in [0, 0.05) is 24.9 Å². The molecule has 1 aliphatic carbocycles. The standard InChI is InChI=1S/C19H26FNO2/c20-17-5-2-1-4-16(17)8-9-18(23)21-11-3-10-19(13-21,14-22)12-15-6-7-15/h1-2,4-5,15,22H,3,6-14H2/t19-/m0/s1. The molecule has 1 aliphatic heterocycles. The van der Waals surface area contributed by atoms with Crippen molar-refractivity contribution in [2.45, 2.75) is 44.9 Å². The Kier molecular flexibility index (Phi) is 5.00. The van der Waals surface area contributed by atoms with Gasteiger partial charge in [0.25, 0.3) is 0 Å². The number of carbonyl (C=O) groups excluding carboxylic acids is 1. The summed E-state index contributed by atoms with van der Waals surface area (Å²) in [6.45, 7) is 1.60. The predicted molar refractivity (Wildman–Crippen MR) is 87.4 cm³/mol. The van der Waals surface area contributed by atoms with E-state index in [0.29, 0.717) is 24.9 Å². The van der Waals surface area contributed by atoms with Crippen LogP contribution in [0.5, 0.6) is 0 Å². The van der Waals surface area contributed by atoms with E-state index >= 15 is 0 Å². The molecule has 1 saturated heterocycles. The van der Waals surface area contributed by atoms with Crippen molar-refractivity contribution in [2.24, 2.45) is 11.3 Å². The molecule has 1 aromatic rings. The van der Waals surface area contributed by atoms with Gasteiger partial charge in [-0.25, -0.2) is 4.39 Å². The quantitative estimate of drug-likeness (QED) is 0.875. The maximum Gasteiger partial charge on any atom is 0.222 e. The fraction of sp³-hybridized carbons (Fsp3) is 0.632. The smallest absolute Gasteiger partial charge is 0.222 e. The molecule has 0 unspecified atom stereocenters. The zero-order chi connectivity index (χ0) is 16.3. The zero-order valence-electron chi connectivity index (χ0n) is 13.6. The fourth-order valence-corrected chi connectivity index (χ4v) is 3.82. The first kappa shape index (κ1) is 16.4. The molecule has 23 heavy (non-hydrogen) atoms. The molecule has 126 valence electrons. The Morgan fingerprint density at radius 2 is 2.13 bits per heavy atom. The Hall–Kier alpha value is -1.42. The van der Waals surface area contributed by atoms with Crippen LogP contribution in [0.2, 0.25) is 0 Å². The van der Waals surface area contributed by atoms with Gasteiger partial charge in [0.1, 0.15) is 5.82 Å². The molecule has 2 fully saturated rings. The van der Waals surface area contributed by atoms with Crippen LogP contribution in [-0.2, 0) is 11.2 Å². The minimum absolute atomic E-state index is 0.0848. The fourth-order valence-electron chi connectivity index (χ4n) is 3.82. The number of aryl methyl sites for hydroxylation is 1. The molecule has 4 heteroatoms. The van der Waals surface area contributed by atoms with Crippen molar-refractivity contribution in [3.63, 3.8) is 0 Å². The van der Waals surface area contributed by atoms with Crippen LogP contribution in [0.25, 0.3) is 0 Å². The lowest BCUT2D eigenvalue weighted by Gasteiger charge is -2.42. The molecule has 1 N–H and O–H groups in total. The number of aliphatic hydroxyl groups is 1. The first-order chi connectivity index (χ1) is 11.1. The molecule has 3 rings (SSSR count). The van der Waals surface area contributed by atoms with Gasteiger partial charge in [-0.3, -0.25) is 4.79 Å². The van der Waals surface area contributed by atoms with Gasteiger partial charge in [-0.15, -0.1) is 0 Å². The number of amides is 1. The lowest BCUT2D eigenvalue weighted by molar-refractivity contribution is -0.135. The number of halogens is 1. The molecule has 0 radical (unpaired) electrons. The Balaban J connectivity index is 1.57. The van der Waals surface area contributed by atoms with Crippen molar-refractivity contribution in [2.75, 3.05) is 19.7 Å². The van der Waals surface area contributed by atoms with E-state index in [1.165, 1.54) is 18.9 Å². The van der Waals surface area contributed by atoms with E-state index in [4.69, 9.17) is 0 Å². The zero-order valence-corrected chi connectivity index (χ0v) is 13.6. The Morgan fingerprint density at radius 1 is 1.35 bits per heavy atom. The van der Waals surface area contributed by atoms with E-state index in [1.54, 1.807) is 18.2 Å².